The van der Waals surface area contributed by atoms with Crippen LogP contribution in [0.3, 0.4) is 0 Å². The van der Waals surface area contributed by atoms with Crippen LogP contribution < -0.4 is 9.47 Å². The maximum atomic E-state index is 13.8. The summed E-state index contributed by atoms with van der Waals surface area (Å²) in [5, 5.41) is 8.85. The van der Waals surface area contributed by atoms with Gasteiger partial charge in [-0.3, -0.25) is 0 Å². The van der Waals surface area contributed by atoms with Crippen LogP contribution in [0, 0.1) is 6.92 Å². The van der Waals surface area contributed by atoms with Crippen LogP contribution >= 0.6 is 0 Å². The fraction of sp³-hybridized carbons (Fsp3) is 0.321. The van der Waals surface area contributed by atoms with Crippen LogP contribution in [0.15, 0.2) is 65.6 Å². The number of sulfonamides is 1. The molecule has 3 aromatic rings. The number of rotatable bonds is 7. The molecule has 208 valence electrons. The summed E-state index contributed by atoms with van der Waals surface area (Å²) < 4.78 is 75.8. The van der Waals surface area contributed by atoms with E-state index < -0.39 is 40.4 Å². The minimum Gasteiger partial charge on any atom is -0.482 e. The van der Waals surface area contributed by atoms with Gasteiger partial charge in [-0.2, -0.15) is 4.31 Å². The molecule has 1 aliphatic heterocycles. The standard InChI is InChI=1S/C28H28F3NO6S/c1-17-13-22(10-12-25(17)37-15-26(33)34)39(35,36)32-16-27(3,4)24-11-7-20(14-23(24)18(32)2)19-5-8-21(9-6-19)38-28(29,30)31/h5-14,18H,15-16H2,1-4H3,(H,33,34). The van der Waals surface area contributed by atoms with Crippen molar-refractivity contribution >= 4 is 16.0 Å². The van der Waals surface area contributed by atoms with Crippen LogP contribution in [0.5, 0.6) is 11.5 Å². The Bertz CT molecular complexity index is 1500. The fourth-order valence-corrected chi connectivity index (χ4v) is 6.69. The number of fused-ring (bicyclic) bond motifs is 1. The van der Waals surface area contributed by atoms with Crippen molar-refractivity contribution in [2.24, 2.45) is 0 Å². The lowest BCUT2D eigenvalue weighted by Crippen LogP contribution is -2.47. The molecule has 0 saturated carbocycles. The number of aliphatic carboxylic acids is 1. The molecule has 39 heavy (non-hydrogen) atoms. The first-order chi connectivity index (χ1) is 18.1. The van der Waals surface area contributed by atoms with Gasteiger partial charge in [-0.05, 0) is 78.1 Å². The molecule has 1 unspecified atom stereocenters. The summed E-state index contributed by atoms with van der Waals surface area (Å²) in [6.45, 7) is 7.04. The number of carboxylic acids is 1. The van der Waals surface area contributed by atoms with Gasteiger partial charge in [0.05, 0.1) is 4.90 Å². The second-order valence-electron chi connectivity index (χ2n) is 10.1. The summed E-state index contributed by atoms with van der Waals surface area (Å²) in [6.07, 6.45) is -4.78. The van der Waals surface area contributed by atoms with E-state index in [1.165, 1.54) is 46.8 Å². The summed E-state index contributed by atoms with van der Waals surface area (Å²) in [6, 6.07) is 15.0. The first-order valence-corrected chi connectivity index (χ1v) is 13.5. The quantitative estimate of drug-likeness (QED) is 0.375. The second kappa shape index (κ2) is 10.2. The molecular weight excluding hydrogens is 535 g/mol. The molecule has 0 saturated heterocycles. The SMILES string of the molecule is Cc1cc(S(=O)(=O)N2CC(C)(C)c3ccc(-c4ccc(OC(F)(F)F)cc4)cc3C2C)ccc1OCC(=O)O. The van der Waals surface area contributed by atoms with Gasteiger partial charge in [0.25, 0.3) is 0 Å². The molecular formula is C28H28F3NO6S. The molecule has 1 aliphatic rings. The lowest BCUT2D eigenvalue weighted by atomic mass is 9.76. The van der Waals surface area contributed by atoms with Crippen molar-refractivity contribution in [3.63, 3.8) is 0 Å². The Morgan fingerprint density at radius 2 is 1.69 bits per heavy atom. The van der Waals surface area contributed by atoms with E-state index in [4.69, 9.17) is 9.84 Å². The molecule has 11 heteroatoms. The van der Waals surface area contributed by atoms with Crippen molar-refractivity contribution in [3.8, 4) is 22.6 Å². The minimum absolute atomic E-state index is 0.0604. The van der Waals surface area contributed by atoms with Gasteiger partial charge in [0.2, 0.25) is 10.0 Å². The Labute approximate surface area is 224 Å². The largest absolute Gasteiger partial charge is 0.573 e. The Balaban J connectivity index is 1.67. The predicted molar refractivity (Wildman–Crippen MR) is 138 cm³/mol. The third-order valence-electron chi connectivity index (χ3n) is 6.74. The summed E-state index contributed by atoms with van der Waals surface area (Å²) in [4.78, 5) is 10.9. The van der Waals surface area contributed by atoms with Gasteiger partial charge in [0, 0.05) is 18.0 Å². The van der Waals surface area contributed by atoms with Gasteiger partial charge in [0.1, 0.15) is 11.5 Å². The van der Waals surface area contributed by atoms with E-state index in [0.29, 0.717) is 11.1 Å². The lowest BCUT2D eigenvalue weighted by molar-refractivity contribution is -0.274. The van der Waals surface area contributed by atoms with Crippen LogP contribution in [-0.4, -0.2) is 43.3 Å². The van der Waals surface area contributed by atoms with Crippen molar-refractivity contribution in [2.75, 3.05) is 13.2 Å². The molecule has 3 aromatic carbocycles. The molecule has 1 heterocycles. The van der Waals surface area contributed by atoms with Crippen LogP contribution in [0.1, 0.15) is 43.5 Å². The Morgan fingerprint density at radius 1 is 1.05 bits per heavy atom. The number of hydrogen-bond acceptors (Lipinski definition) is 5. The van der Waals surface area contributed by atoms with Crippen LogP contribution in [0.2, 0.25) is 0 Å². The minimum atomic E-state index is -4.78. The topological polar surface area (TPSA) is 93.1 Å². The molecule has 0 aliphatic carbocycles. The molecule has 1 atom stereocenters. The molecule has 0 spiro atoms. The van der Waals surface area contributed by atoms with Gasteiger partial charge in [-0.25, -0.2) is 13.2 Å². The number of aryl methyl sites for hydroxylation is 1. The number of halogens is 3. The Kier molecular flexibility index (Phi) is 7.44. The van der Waals surface area contributed by atoms with Gasteiger partial charge < -0.3 is 14.6 Å². The number of carbonyl (C=O) groups is 1. The maximum absolute atomic E-state index is 13.8. The molecule has 0 aromatic heterocycles. The van der Waals surface area contributed by atoms with E-state index in [-0.39, 0.29) is 22.9 Å². The maximum Gasteiger partial charge on any atom is 0.573 e. The first-order valence-electron chi connectivity index (χ1n) is 12.1. The number of ether oxygens (including phenoxy) is 2. The summed E-state index contributed by atoms with van der Waals surface area (Å²) in [5.41, 5.74) is 3.12. The highest BCUT2D eigenvalue weighted by Crippen LogP contribution is 2.44. The third kappa shape index (κ3) is 6.04. The fourth-order valence-electron chi connectivity index (χ4n) is 4.83. The van der Waals surface area contributed by atoms with Crippen LogP contribution in [0.25, 0.3) is 11.1 Å². The highest BCUT2D eigenvalue weighted by molar-refractivity contribution is 7.89. The zero-order valence-electron chi connectivity index (χ0n) is 21.7. The van der Waals surface area contributed by atoms with Crippen molar-refractivity contribution in [1.82, 2.24) is 4.31 Å². The van der Waals surface area contributed by atoms with Crippen molar-refractivity contribution < 1.29 is 41.0 Å². The van der Waals surface area contributed by atoms with Gasteiger partial charge >= 0.3 is 12.3 Å². The summed E-state index contributed by atoms with van der Waals surface area (Å²) >= 11 is 0. The highest BCUT2D eigenvalue weighted by Gasteiger charge is 2.42. The van der Waals surface area contributed by atoms with E-state index in [9.17, 15) is 26.4 Å². The number of carboxylic acid groups (broad SMARTS) is 1. The molecule has 0 fully saturated rings. The zero-order chi connectivity index (χ0) is 28.8. The van der Waals surface area contributed by atoms with Gasteiger partial charge in [-0.15, -0.1) is 13.2 Å². The average molecular weight is 564 g/mol. The van der Waals surface area contributed by atoms with Crippen molar-refractivity contribution in [3.05, 3.63) is 77.4 Å². The number of alkyl halides is 3. The average Bonchev–Trinajstić information content (AvgIpc) is 2.84. The molecule has 4 rings (SSSR count). The highest BCUT2D eigenvalue weighted by atomic mass is 32.2. The molecule has 7 nitrogen and oxygen atoms in total. The zero-order valence-corrected chi connectivity index (χ0v) is 22.6. The smallest absolute Gasteiger partial charge is 0.482 e. The lowest BCUT2D eigenvalue weighted by Gasteiger charge is -2.43. The van der Waals surface area contributed by atoms with Crippen LogP contribution in [-0.2, 0) is 20.2 Å². The summed E-state index contributed by atoms with van der Waals surface area (Å²) in [7, 11) is -3.96. The van der Waals surface area contributed by atoms with E-state index in [0.717, 1.165) is 16.7 Å². The Hall–Kier alpha value is -3.57. The third-order valence-corrected chi connectivity index (χ3v) is 8.65. The molecule has 1 N–H and O–H groups in total. The van der Waals surface area contributed by atoms with Crippen molar-refractivity contribution in [1.29, 1.82) is 0 Å². The number of nitrogens with zero attached hydrogens (tertiary/aromatic N) is 1. The normalized spacial score (nSPS) is 17.4. The number of hydrogen-bond donors (Lipinski definition) is 1. The predicted octanol–water partition coefficient (Wildman–Crippen LogP) is 6.07. The number of benzene rings is 3. The summed E-state index contributed by atoms with van der Waals surface area (Å²) in [5.74, 6) is -1.19. The Morgan fingerprint density at radius 3 is 2.28 bits per heavy atom. The molecule has 0 bridgehead atoms. The van der Waals surface area contributed by atoms with E-state index in [2.05, 4.69) is 4.74 Å². The van der Waals surface area contributed by atoms with E-state index in [1.807, 2.05) is 32.0 Å². The van der Waals surface area contributed by atoms with E-state index in [1.54, 1.807) is 13.8 Å². The first kappa shape index (κ1) is 28.4. The van der Waals surface area contributed by atoms with Gasteiger partial charge in [-0.1, -0.05) is 38.1 Å². The van der Waals surface area contributed by atoms with E-state index >= 15 is 0 Å². The van der Waals surface area contributed by atoms with Gasteiger partial charge in [0.15, 0.2) is 6.61 Å². The molecule has 0 radical (unpaired) electrons. The van der Waals surface area contributed by atoms with Crippen LogP contribution in [0.4, 0.5) is 13.2 Å². The monoisotopic (exact) mass is 563 g/mol. The van der Waals surface area contributed by atoms with Crippen molar-refractivity contribution in [2.45, 2.75) is 50.4 Å². The molecule has 0 amide bonds. The second-order valence-corrected chi connectivity index (χ2v) is 12.0.